The smallest absolute Gasteiger partial charge is 0.271 e. The molecule has 2 aromatic rings. The fraction of sp³-hybridized carbons (Fsp3) is 0.267. The molecule has 1 aromatic heterocycles. The lowest BCUT2D eigenvalue weighted by Gasteiger charge is -2.06. The highest BCUT2D eigenvalue weighted by Crippen LogP contribution is 2.10. The molecule has 0 fully saturated rings. The summed E-state index contributed by atoms with van der Waals surface area (Å²) in [5.74, 6) is 0.410. The Labute approximate surface area is 128 Å². The Morgan fingerprint density at radius 3 is 2.81 bits per heavy atom. The molecule has 2 rings (SSSR count). The number of anilines is 1. The minimum absolute atomic E-state index is 0.260. The number of amides is 1. The zero-order valence-corrected chi connectivity index (χ0v) is 12.5. The van der Waals surface area contributed by atoms with Gasteiger partial charge in [-0.2, -0.15) is 0 Å². The molecule has 0 unspecified atom stereocenters. The van der Waals surface area contributed by atoms with Crippen molar-refractivity contribution in [1.29, 1.82) is 0 Å². The fourth-order valence-electron chi connectivity index (χ4n) is 1.71. The largest absolute Gasteiger partial charge is 0.369 e. The van der Waals surface area contributed by atoms with Crippen molar-refractivity contribution in [2.24, 2.45) is 0 Å². The first kappa shape index (κ1) is 15.3. The number of hydrogen-bond donors (Lipinski definition) is 2. The number of benzene rings is 1. The monoisotopic (exact) mass is 304 g/mol. The Bertz CT molecular complexity index is 601. The molecular formula is C15H17ClN4O. The molecule has 2 N–H and O–H groups in total. The summed E-state index contributed by atoms with van der Waals surface area (Å²) in [5.41, 5.74) is 1.23. The third-order valence-corrected chi connectivity index (χ3v) is 3.02. The van der Waals surface area contributed by atoms with E-state index in [2.05, 4.69) is 27.5 Å². The molecule has 0 aliphatic heterocycles. The van der Waals surface area contributed by atoms with Gasteiger partial charge in [-0.15, -0.1) is 0 Å². The molecule has 1 aromatic carbocycles. The average Bonchev–Trinajstić information content (AvgIpc) is 2.51. The molecule has 5 nitrogen and oxygen atoms in total. The number of nitrogens with one attached hydrogen (secondary N) is 2. The number of aromatic nitrogens is 2. The molecule has 0 spiro atoms. The normalized spacial score (nSPS) is 10.2. The molecule has 0 saturated heterocycles. The first-order valence-electron chi connectivity index (χ1n) is 6.77. The zero-order chi connectivity index (χ0) is 15.1. The molecule has 0 saturated carbocycles. The number of rotatable bonds is 6. The van der Waals surface area contributed by atoms with Crippen LogP contribution in [0.15, 0.2) is 36.7 Å². The maximum atomic E-state index is 12.0. The topological polar surface area (TPSA) is 66.9 Å². The fourth-order valence-corrected chi connectivity index (χ4v) is 1.92. The van der Waals surface area contributed by atoms with E-state index in [1.165, 1.54) is 6.20 Å². The van der Waals surface area contributed by atoms with Crippen LogP contribution >= 0.6 is 11.6 Å². The molecule has 110 valence electrons. The van der Waals surface area contributed by atoms with Gasteiger partial charge in [0.05, 0.1) is 12.4 Å². The van der Waals surface area contributed by atoms with Crippen LogP contribution in [0.25, 0.3) is 0 Å². The van der Waals surface area contributed by atoms with E-state index in [-0.39, 0.29) is 5.91 Å². The summed E-state index contributed by atoms with van der Waals surface area (Å²) >= 11 is 5.89. The van der Waals surface area contributed by atoms with Gasteiger partial charge in [-0.05, 0) is 24.1 Å². The predicted molar refractivity (Wildman–Crippen MR) is 83.4 cm³/mol. The lowest BCUT2D eigenvalue weighted by Crippen LogP contribution is -2.24. The van der Waals surface area contributed by atoms with Crippen molar-refractivity contribution < 1.29 is 4.79 Å². The van der Waals surface area contributed by atoms with Crippen molar-refractivity contribution in [3.05, 3.63) is 52.9 Å². The SMILES string of the molecule is CCCNc1cnc(C(=O)NCc2cccc(Cl)c2)cn1. The van der Waals surface area contributed by atoms with E-state index in [4.69, 9.17) is 11.6 Å². The van der Waals surface area contributed by atoms with Crippen LogP contribution in [0, 0.1) is 0 Å². The van der Waals surface area contributed by atoms with Crippen molar-refractivity contribution in [3.63, 3.8) is 0 Å². The Kier molecular flexibility index (Phi) is 5.51. The van der Waals surface area contributed by atoms with Crippen molar-refractivity contribution in [3.8, 4) is 0 Å². The molecule has 1 heterocycles. The van der Waals surface area contributed by atoms with Gasteiger partial charge in [-0.25, -0.2) is 9.97 Å². The van der Waals surface area contributed by atoms with Crippen molar-refractivity contribution in [2.45, 2.75) is 19.9 Å². The summed E-state index contributed by atoms with van der Waals surface area (Å²) in [6, 6.07) is 7.35. The Balaban J connectivity index is 1.91. The van der Waals surface area contributed by atoms with E-state index in [9.17, 15) is 4.79 Å². The van der Waals surface area contributed by atoms with Gasteiger partial charge < -0.3 is 10.6 Å². The van der Waals surface area contributed by atoms with E-state index in [0.717, 1.165) is 18.5 Å². The molecule has 0 bridgehead atoms. The predicted octanol–water partition coefficient (Wildman–Crippen LogP) is 2.88. The van der Waals surface area contributed by atoms with Crippen LogP contribution in [0.2, 0.25) is 5.02 Å². The third kappa shape index (κ3) is 4.72. The molecular weight excluding hydrogens is 288 g/mol. The van der Waals surface area contributed by atoms with E-state index >= 15 is 0 Å². The van der Waals surface area contributed by atoms with E-state index < -0.39 is 0 Å². The summed E-state index contributed by atoms with van der Waals surface area (Å²) in [7, 11) is 0. The molecule has 21 heavy (non-hydrogen) atoms. The second-order valence-corrected chi connectivity index (χ2v) is 4.96. The van der Waals surface area contributed by atoms with Gasteiger partial charge in [0.1, 0.15) is 11.5 Å². The van der Waals surface area contributed by atoms with Crippen LogP contribution in [-0.4, -0.2) is 22.4 Å². The minimum Gasteiger partial charge on any atom is -0.369 e. The van der Waals surface area contributed by atoms with Gasteiger partial charge in [0, 0.05) is 18.1 Å². The number of halogens is 1. The summed E-state index contributed by atoms with van der Waals surface area (Å²) in [5, 5.41) is 6.54. The minimum atomic E-state index is -0.260. The Morgan fingerprint density at radius 1 is 1.29 bits per heavy atom. The third-order valence-electron chi connectivity index (χ3n) is 2.78. The van der Waals surface area contributed by atoms with Crippen LogP contribution in [0.5, 0.6) is 0 Å². The van der Waals surface area contributed by atoms with Gasteiger partial charge in [0.25, 0.3) is 5.91 Å². The lowest BCUT2D eigenvalue weighted by molar-refractivity contribution is 0.0945. The van der Waals surface area contributed by atoms with Gasteiger partial charge in [0.15, 0.2) is 0 Å². The van der Waals surface area contributed by atoms with Gasteiger partial charge in [0.2, 0.25) is 0 Å². The second kappa shape index (κ2) is 7.59. The van der Waals surface area contributed by atoms with E-state index in [1.807, 2.05) is 18.2 Å². The number of carbonyl (C=O) groups excluding carboxylic acids is 1. The van der Waals surface area contributed by atoms with Crippen LogP contribution < -0.4 is 10.6 Å². The van der Waals surface area contributed by atoms with Gasteiger partial charge >= 0.3 is 0 Å². The molecule has 0 atom stereocenters. The first-order chi connectivity index (χ1) is 10.2. The molecule has 0 radical (unpaired) electrons. The highest BCUT2D eigenvalue weighted by Gasteiger charge is 2.07. The van der Waals surface area contributed by atoms with Crippen LogP contribution in [0.4, 0.5) is 5.82 Å². The van der Waals surface area contributed by atoms with Crippen LogP contribution in [-0.2, 0) is 6.54 Å². The quantitative estimate of drug-likeness (QED) is 0.861. The average molecular weight is 305 g/mol. The first-order valence-corrected chi connectivity index (χ1v) is 7.15. The highest BCUT2D eigenvalue weighted by molar-refractivity contribution is 6.30. The molecule has 1 amide bonds. The maximum Gasteiger partial charge on any atom is 0.271 e. The van der Waals surface area contributed by atoms with Gasteiger partial charge in [-0.3, -0.25) is 4.79 Å². The lowest BCUT2D eigenvalue weighted by atomic mass is 10.2. The summed E-state index contributed by atoms with van der Waals surface area (Å²) in [4.78, 5) is 20.2. The number of nitrogens with zero attached hydrogens (tertiary/aromatic N) is 2. The zero-order valence-electron chi connectivity index (χ0n) is 11.8. The maximum absolute atomic E-state index is 12.0. The number of hydrogen-bond acceptors (Lipinski definition) is 4. The summed E-state index contributed by atoms with van der Waals surface area (Å²) in [6.07, 6.45) is 4.03. The second-order valence-electron chi connectivity index (χ2n) is 4.53. The molecule has 0 aliphatic carbocycles. The number of carbonyl (C=O) groups is 1. The molecule has 6 heteroatoms. The Hall–Kier alpha value is -2.14. The summed E-state index contributed by atoms with van der Waals surface area (Å²) in [6.45, 7) is 3.30. The van der Waals surface area contributed by atoms with Crippen LogP contribution in [0.1, 0.15) is 29.4 Å². The van der Waals surface area contributed by atoms with Gasteiger partial charge in [-0.1, -0.05) is 30.7 Å². The summed E-state index contributed by atoms with van der Waals surface area (Å²) < 4.78 is 0. The van der Waals surface area contributed by atoms with E-state index in [0.29, 0.717) is 23.1 Å². The Morgan fingerprint density at radius 2 is 2.14 bits per heavy atom. The highest BCUT2D eigenvalue weighted by atomic mass is 35.5. The molecule has 0 aliphatic rings. The van der Waals surface area contributed by atoms with Crippen molar-refractivity contribution >= 4 is 23.3 Å². The van der Waals surface area contributed by atoms with Crippen LogP contribution in [0.3, 0.4) is 0 Å². The van der Waals surface area contributed by atoms with Crippen molar-refractivity contribution in [1.82, 2.24) is 15.3 Å². The van der Waals surface area contributed by atoms with E-state index in [1.54, 1.807) is 12.3 Å². The van der Waals surface area contributed by atoms with Crippen molar-refractivity contribution in [2.75, 3.05) is 11.9 Å². The standard InChI is InChI=1S/C15H17ClN4O/c1-2-6-17-14-10-18-13(9-19-14)15(21)20-8-11-4-3-5-12(16)7-11/h3-5,7,9-10H,2,6,8H2,1H3,(H,17,19)(H,20,21).